The lowest BCUT2D eigenvalue weighted by Crippen LogP contribution is -2.44. The van der Waals surface area contributed by atoms with Crippen molar-refractivity contribution in [1.82, 2.24) is 4.72 Å². The summed E-state index contributed by atoms with van der Waals surface area (Å²) in [7, 11) is -2.23. The van der Waals surface area contributed by atoms with Gasteiger partial charge in [0, 0.05) is 0 Å². The summed E-state index contributed by atoms with van der Waals surface area (Å²) >= 11 is 0. The van der Waals surface area contributed by atoms with Crippen LogP contribution in [-0.2, 0) is 19.6 Å². The van der Waals surface area contributed by atoms with Crippen molar-refractivity contribution in [3.8, 4) is 0 Å². The molecule has 7 heteroatoms. The number of esters is 1. The molecule has 1 unspecified atom stereocenters. The lowest BCUT2D eigenvalue weighted by molar-refractivity contribution is -0.155. The van der Waals surface area contributed by atoms with E-state index in [4.69, 9.17) is 10.5 Å². The molecule has 0 aliphatic carbocycles. The molecule has 0 fully saturated rings. The van der Waals surface area contributed by atoms with E-state index in [9.17, 15) is 13.2 Å². The standard InChI is InChI=1S/C8H18N2O4S/c1-8(2,3)14-7(11)6(9)5-15(12,13)10-4/h6,10H,5,9H2,1-4H3. The normalized spacial score (nSPS) is 14.7. The van der Waals surface area contributed by atoms with Crippen LogP contribution in [0.1, 0.15) is 20.8 Å². The van der Waals surface area contributed by atoms with Gasteiger partial charge in [-0.1, -0.05) is 0 Å². The number of sulfonamides is 1. The zero-order valence-corrected chi connectivity index (χ0v) is 10.2. The van der Waals surface area contributed by atoms with E-state index in [-0.39, 0.29) is 0 Å². The van der Waals surface area contributed by atoms with E-state index in [2.05, 4.69) is 4.72 Å². The minimum absolute atomic E-state index is 0.474. The first-order valence-electron chi connectivity index (χ1n) is 4.47. The van der Waals surface area contributed by atoms with Crippen LogP contribution in [-0.4, -0.2) is 38.8 Å². The molecule has 0 aromatic rings. The van der Waals surface area contributed by atoms with Crippen LogP contribution < -0.4 is 10.5 Å². The van der Waals surface area contributed by atoms with Crippen molar-refractivity contribution in [2.75, 3.05) is 12.8 Å². The minimum atomic E-state index is -3.50. The summed E-state index contributed by atoms with van der Waals surface area (Å²) in [5, 5.41) is 0. The van der Waals surface area contributed by atoms with Crippen LogP contribution >= 0.6 is 0 Å². The van der Waals surface area contributed by atoms with Gasteiger partial charge in [0.2, 0.25) is 10.0 Å². The fourth-order valence-electron chi connectivity index (χ4n) is 0.765. The Kier molecular flexibility index (Phi) is 4.69. The predicted octanol–water partition coefficient (Wildman–Crippen LogP) is -0.795. The Morgan fingerprint density at radius 3 is 2.27 bits per heavy atom. The van der Waals surface area contributed by atoms with Crippen molar-refractivity contribution in [2.45, 2.75) is 32.4 Å². The first-order valence-corrected chi connectivity index (χ1v) is 6.12. The van der Waals surface area contributed by atoms with Crippen LogP contribution in [0.15, 0.2) is 0 Å². The first kappa shape index (κ1) is 14.3. The molecule has 1 atom stereocenters. The maximum atomic E-state index is 11.3. The van der Waals surface area contributed by atoms with Crippen molar-refractivity contribution < 1.29 is 17.9 Å². The van der Waals surface area contributed by atoms with Gasteiger partial charge in [-0.25, -0.2) is 13.1 Å². The topological polar surface area (TPSA) is 98.5 Å². The number of rotatable bonds is 4. The highest BCUT2D eigenvalue weighted by atomic mass is 32.2. The van der Waals surface area contributed by atoms with Gasteiger partial charge < -0.3 is 10.5 Å². The van der Waals surface area contributed by atoms with Gasteiger partial charge in [0.15, 0.2) is 0 Å². The van der Waals surface area contributed by atoms with Crippen molar-refractivity contribution in [2.24, 2.45) is 5.73 Å². The third-order valence-electron chi connectivity index (χ3n) is 1.42. The Labute approximate surface area is 90.2 Å². The zero-order chi connectivity index (χ0) is 12.3. The van der Waals surface area contributed by atoms with E-state index >= 15 is 0 Å². The molecule has 0 heterocycles. The van der Waals surface area contributed by atoms with Crippen molar-refractivity contribution in [3.63, 3.8) is 0 Å². The summed E-state index contributed by atoms with van der Waals surface area (Å²) in [5.74, 6) is -1.19. The highest BCUT2D eigenvalue weighted by Crippen LogP contribution is 2.08. The van der Waals surface area contributed by atoms with E-state index in [0.717, 1.165) is 0 Å². The smallest absolute Gasteiger partial charge is 0.324 e. The summed E-state index contributed by atoms with van der Waals surface area (Å²) in [5.41, 5.74) is 4.72. The van der Waals surface area contributed by atoms with Gasteiger partial charge in [0.25, 0.3) is 0 Å². The van der Waals surface area contributed by atoms with E-state index < -0.39 is 33.4 Å². The highest BCUT2D eigenvalue weighted by molar-refractivity contribution is 7.89. The molecule has 0 aromatic heterocycles. The number of ether oxygens (including phenoxy) is 1. The second kappa shape index (κ2) is 4.91. The molecule has 15 heavy (non-hydrogen) atoms. The van der Waals surface area contributed by atoms with Crippen LogP contribution in [0.25, 0.3) is 0 Å². The fraction of sp³-hybridized carbons (Fsp3) is 0.875. The first-order chi connectivity index (χ1) is 6.57. The molecule has 0 aliphatic heterocycles. The average Bonchev–Trinajstić information content (AvgIpc) is 2.00. The molecule has 0 saturated heterocycles. The lowest BCUT2D eigenvalue weighted by atomic mass is 10.2. The van der Waals surface area contributed by atoms with E-state index in [1.165, 1.54) is 7.05 Å². The molecular weight excluding hydrogens is 220 g/mol. The molecule has 0 aliphatic rings. The van der Waals surface area contributed by atoms with Crippen molar-refractivity contribution in [1.29, 1.82) is 0 Å². The third kappa shape index (κ3) is 6.43. The van der Waals surface area contributed by atoms with Gasteiger partial charge in [0.1, 0.15) is 11.6 Å². The summed E-state index contributed by atoms with van der Waals surface area (Å²) in [6.45, 7) is 5.05. The van der Waals surface area contributed by atoms with Crippen LogP contribution in [0, 0.1) is 0 Å². The Morgan fingerprint density at radius 1 is 1.47 bits per heavy atom. The molecule has 90 valence electrons. The molecule has 0 aromatic carbocycles. The summed E-state index contributed by atoms with van der Waals surface area (Å²) in [6.07, 6.45) is 0. The summed E-state index contributed by atoms with van der Waals surface area (Å²) in [6, 6.07) is -1.17. The molecule has 6 nitrogen and oxygen atoms in total. The molecule has 0 spiro atoms. The predicted molar refractivity (Wildman–Crippen MR) is 56.7 cm³/mol. The number of nitrogens with two attached hydrogens (primary N) is 1. The second-order valence-corrected chi connectivity index (χ2v) is 6.10. The molecule has 0 bridgehead atoms. The number of carbonyl (C=O) groups excluding carboxylic acids is 1. The van der Waals surface area contributed by atoms with Crippen LogP contribution in [0.2, 0.25) is 0 Å². The molecular formula is C8H18N2O4S. The fourth-order valence-corrected chi connectivity index (χ4v) is 1.54. The van der Waals surface area contributed by atoms with E-state index in [1.807, 2.05) is 0 Å². The van der Waals surface area contributed by atoms with Gasteiger partial charge in [-0.15, -0.1) is 0 Å². The molecule has 0 radical (unpaired) electrons. The summed E-state index contributed by atoms with van der Waals surface area (Å²) < 4.78 is 29.2. The Bertz CT molecular complexity index is 318. The molecule has 0 saturated carbocycles. The quantitative estimate of drug-likeness (QED) is 0.625. The number of nitrogens with one attached hydrogen (secondary N) is 1. The monoisotopic (exact) mass is 238 g/mol. The zero-order valence-electron chi connectivity index (χ0n) is 9.40. The molecule has 0 amide bonds. The third-order valence-corrected chi connectivity index (χ3v) is 2.84. The summed E-state index contributed by atoms with van der Waals surface area (Å²) in [4.78, 5) is 11.3. The van der Waals surface area contributed by atoms with Gasteiger partial charge in [0.05, 0.1) is 5.75 Å². The number of carbonyl (C=O) groups is 1. The Balaban J connectivity index is 4.36. The lowest BCUT2D eigenvalue weighted by Gasteiger charge is -2.21. The SMILES string of the molecule is CNS(=O)(=O)CC(N)C(=O)OC(C)(C)C. The van der Waals surface area contributed by atoms with E-state index in [0.29, 0.717) is 0 Å². The minimum Gasteiger partial charge on any atom is -0.459 e. The maximum Gasteiger partial charge on any atom is 0.324 e. The van der Waals surface area contributed by atoms with Gasteiger partial charge in [-0.05, 0) is 27.8 Å². The van der Waals surface area contributed by atoms with Crippen LogP contribution in [0.5, 0.6) is 0 Å². The van der Waals surface area contributed by atoms with Gasteiger partial charge >= 0.3 is 5.97 Å². The Hall–Kier alpha value is -0.660. The maximum absolute atomic E-state index is 11.3. The number of hydrogen-bond donors (Lipinski definition) is 2. The largest absolute Gasteiger partial charge is 0.459 e. The van der Waals surface area contributed by atoms with Crippen molar-refractivity contribution >= 4 is 16.0 Å². The molecule has 0 rings (SSSR count). The van der Waals surface area contributed by atoms with Gasteiger partial charge in [-0.3, -0.25) is 4.79 Å². The number of hydrogen-bond acceptors (Lipinski definition) is 5. The van der Waals surface area contributed by atoms with Crippen molar-refractivity contribution in [3.05, 3.63) is 0 Å². The average molecular weight is 238 g/mol. The Morgan fingerprint density at radius 2 is 1.93 bits per heavy atom. The van der Waals surface area contributed by atoms with Crippen LogP contribution in [0.4, 0.5) is 0 Å². The second-order valence-electron chi connectivity index (χ2n) is 4.13. The van der Waals surface area contributed by atoms with Crippen LogP contribution in [0.3, 0.4) is 0 Å². The van der Waals surface area contributed by atoms with E-state index in [1.54, 1.807) is 20.8 Å². The highest BCUT2D eigenvalue weighted by Gasteiger charge is 2.25. The van der Waals surface area contributed by atoms with Gasteiger partial charge in [-0.2, -0.15) is 0 Å². The molecule has 3 N–H and O–H groups in total.